The van der Waals surface area contributed by atoms with Gasteiger partial charge < -0.3 is 19.1 Å². The van der Waals surface area contributed by atoms with Gasteiger partial charge in [-0.15, -0.1) is 0 Å². The number of furan rings is 2. The fraction of sp³-hybridized carbons (Fsp3) is 0.231. The van der Waals surface area contributed by atoms with Crippen molar-refractivity contribution in [3.63, 3.8) is 0 Å². The zero-order valence-corrected chi connectivity index (χ0v) is 17.6. The summed E-state index contributed by atoms with van der Waals surface area (Å²) in [5.74, 6) is 0.729. The molecule has 1 saturated heterocycles. The molecule has 3 heterocycles. The number of benzene rings is 2. The minimum atomic E-state index is -0.376. The number of likely N-dealkylation sites (tertiary alicyclic amines) is 1. The zero-order valence-electron chi connectivity index (χ0n) is 17.6. The van der Waals surface area contributed by atoms with Gasteiger partial charge in [-0.25, -0.2) is 0 Å². The van der Waals surface area contributed by atoms with Crippen LogP contribution in [-0.4, -0.2) is 29.8 Å². The molecule has 0 spiro atoms. The minimum absolute atomic E-state index is 0.0237. The first-order chi connectivity index (χ1) is 15.7. The smallest absolute Gasteiger partial charge is 0.289 e. The first-order valence-corrected chi connectivity index (χ1v) is 10.9. The number of carbonyl (C=O) groups is 2. The standard InChI is InChI=1S/C26H24N2O4/c29-25(19-12-14-28(15-13-19)26(30)22-11-6-16-31-22)27-24(18-7-2-1-3-8-18)23-17-20-9-4-5-10-21(20)32-23/h1-11,16-17,19,24H,12-15H2,(H,27,29). The third-order valence-electron chi connectivity index (χ3n) is 6.03. The number of rotatable bonds is 5. The van der Waals surface area contributed by atoms with Crippen molar-refractivity contribution in [1.82, 2.24) is 10.2 Å². The van der Waals surface area contributed by atoms with E-state index in [1.807, 2.05) is 60.7 Å². The molecule has 0 bridgehead atoms. The van der Waals surface area contributed by atoms with Crippen LogP contribution in [0.3, 0.4) is 0 Å². The summed E-state index contributed by atoms with van der Waals surface area (Å²) in [6.45, 7) is 1.05. The predicted molar refractivity (Wildman–Crippen MR) is 120 cm³/mol. The number of hydrogen-bond acceptors (Lipinski definition) is 4. The van der Waals surface area contributed by atoms with Crippen LogP contribution in [0.25, 0.3) is 11.0 Å². The Balaban J connectivity index is 1.31. The molecule has 6 nitrogen and oxygen atoms in total. The maximum Gasteiger partial charge on any atom is 0.289 e. The molecule has 1 N–H and O–H groups in total. The molecule has 162 valence electrons. The number of para-hydroxylation sites is 1. The van der Waals surface area contributed by atoms with Gasteiger partial charge in [-0.1, -0.05) is 48.5 Å². The van der Waals surface area contributed by atoms with Crippen LogP contribution in [0.5, 0.6) is 0 Å². The lowest BCUT2D eigenvalue weighted by molar-refractivity contribution is -0.126. The highest BCUT2D eigenvalue weighted by atomic mass is 16.3. The third-order valence-corrected chi connectivity index (χ3v) is 6.03. The van der Waals surface area contributed by atoms with Crippen molar-refractivity contribution in [2.24, 2.45) is 5.92 Å². The third kappa shape index (κ3) is 4.04. The van der Waals surface area contributed by atoms with Crippen LogP contribution in [0.15, 0.2) is 87.9 Å². The molecule has 2 amide bonds. The number of piperidine rings is 1. The number of hydrogen-bond donors (Lipinski definition) is 1. The molecule has 2 aromatic carbocycles. The average Bonchev–Trinajstić information content (AvgIpc) is 3.53. The normalized spacial score (nSPS) is 15.6. The van der Waals surface area contributed by atoms with Crippen LogP contribution >= 0.6 is 0 Å². The number of fused-ring (bicyclic) bond motifs is 1. The second kappa shape index (κ2) is 8.75. The van der Waals surface area contributed by atoms with E-state index in [9.17, 15) is 9.59 Å². The van der Waals surface area contributed by atoms with Crippen molar-refractivity contribution in [2.45, 2.75) is 18.9 Å². The fourth-order valence-corrected chi connectivity index (χ4v) is 4.27. The molecule has 1 atom stereocenters. The first-order valence-electron chi connectivity index (χ1n) is 10.9. The number of carbonyl (C=O) groups excluding carboxylic acids is 2. The Kier molecular flexibility index (Phi) is 5.50. The Labute approximate surface area is 185 Å². The van der Waals surface area contributed by atoms with Crippen molar-refractivity contribution in [2.75, 3.05) is 13.1 Å². The largest absolute Gasteiger partial charge is 0.459 e. The summed E-state index contributed by atoms with van der Waals surface area (Å²) in [5, 5.41) is 4.20. The van der Waals surface area contributed by atoms with E-state index in [2.05, 4.69) is 5.32 Å². The lowest BCUT2D eigenvalue weighted by atomic mass is 9.94. The summed E-state index contributed by atoms with van der Waals surface area (Å²) in [6, 6.07) is 22.6. The van der Waals surface area contributed by atoms with E-state index in [0.29, 0.717) is 37.5 Å². The fourth-order valence-electron chi connectivity index (χ4n) is 4.27. The summed E-state index contributed by atoms with van der Waals surface area (Å²) in [4.78, 5) is 27.4. The van der Waals surface area contributed by atoms with Crippen molar-refractivity contribution in [3.8, 4) is 0 Å². The predicted octanol–water partition coefficient (Wildman–Crippen LogP) is 4.78. The molecule has 5 rings (SSSR count). The van der Waals surface area contributed by atoms with Crippen molar-refractivity contribution in [3.05, 3.63) is 96.1 Å². The van der Waals surface area contributed by atoms with Gasteiger partial charge >= 0.3 is 0 Å². The van der Waals surface area contributed by atoms with Gasteiger partial charge in [-0.05, 0) is 42.7 Å². The Hall–Kier alpha value is -3.80. The quantitative estimate of drug-likeness (QED) is 0.496. The van der Waals surface area contributed by atoms with Crippen LogP contribution in [-0.2, 0) is 4.79 Å². The molecule has 0 saturated carbocycles. The SMILES string of the molecule is O=C(NC(c1ccccc1)c1cc2ccccc2o1)C1CCN(C(=O)c2ccco2)CC1. The van der Waals surface area contributed by atoms with Crippen molar-refractivity contribution in [1.29, 1.82) is 0 Å². The van der Waals surface area contributed by atoms with E-state index < -0.39 is 0 Å². The molecule has 0 aliphatic carbocycles. The molecule has 4 aromatic rings. The zero-order chi connectivity index (χ0) is 21.9. The van der Waals surface area contributed by atoms with Gasteiger partial charge in [0, 0.05) is 24.4 Å². The summed E-state index contributed by atoms with van der Waals surface area (Å²) < 4.78 is 11.3. The van der Waals surface area contributed by atoms with E-state index in [0.717, 1.165) is 16.5 Å². The van der Waals surface area contributed by atoms with E-state index in [1.54, 1.807) is 17.0 Å². The Morgan fingerprint density at radius 2 is 1.69 bits per heavy atom. The van der Waals surface area contributed by atoms with Crippen molar-refractivity contribution >= 4 is 22.8 Å². The average molecular weight is 428 g/mol. The number of nitrogens with zero attached hydrogens (tertiary/aromatic N) is 1. The molecule has 6 heteroatoms. The summed E-state index contributed by atoms with van der Waals surface area (Å²) in [6.07, 6.45) is 2.72. The van der Waals surface area contributed by atoms with Gasteiger partial charge in [0.15, 0.2) is 5.76 Å². The van der Waals surface area contributed by atoms with Gasteiger partial charge in [0.05, 0.1) is 6.26 Å². The van der Waals surface area contributed by atoms with E-state index in [-0.39, 0.29) is 23.8 Å². The monoisotopic (exact) mass is 428 g/mol. The van der Waals surface area contributed by atoms with E-state index in [1.165, 1.54) is 6.26 Å². The molecule has 1 aliphatic heterocycles. The molecular weight excluding hydrogens is 404 g/mol. The molecule has 1 aliphatic rings. The molecular formula is C26H24N2O4. The van der Waals surface area contributed by atoms with E-state index in [4.69, 9.17) is 8.83 Å². The lowest BCUT2D eigenvalue weighted by Crippen LogP contribution is -2.43. The lowest BCUT2D eigenvalue weighted by Gasteiger charge is -2.31. The molecule has 2 aromatic heterocycles. The van der Waals surface area contributed by atoms with Crippen LogP contribution in [0.1, 0.15) is 40.8 Å². The minimum Gasteiger partial charge on any atom is -0.459 e. The van der Waals surface area contributed by atoms with Crippen molar-refractivity contribution < 1.29 is 18.4 Å². The van der Waals surface area contributed by atoms with Gasteiger partial charge in [-0.3, -0.25) is 9.59 Å². The van der Waals surface area contributed by atoms with Crippen LogP contribution in [0.4, 0.5) is 0 Å². The second-order valence-corrected chi connectivity index (χ2v) is 8.08. The number of amides is 2. The Morgan fingerprint density at radius 1 is 0.938 bits per heavy atom. The maximum atomic E-state index is 13.2. The Morgan fingerprint density at radius 3 is 2.41 bits per heavy atom. The van der Waals surface area contributed by atoms with Gasteiger partial charge in [0.25, 0.3) is 5.91 Å². The van der Waals surface area contributed by atoms with Crippen LogP contribution < -0.4 is 5.32 Å². The summed E-state index contributed by atoms with van der Waals surface area (Å²) >= 11 is 0. The second-order valence-electron chi connectivity index (χ2n) is 8.08. The van der Waals surface area contributed by atoms with Gasteiger partial charge in [0.2, 0.25) is 5.91 Å². The maximum absolute atomic E-state index is 13.2. The highest BCUT2D eigenvalue weighted by Gasteiger charge is 2.31. The summed E-state index contributed by atoms with van der Waals surface area (Å²) in [5.41, 5.74) is 1.76. The first kappa shape index (κ1) is 20.1. The van der Waals surface area contributed by atoms with Crippen LogP contribution in [0, 0.1) is 5.92 Å². The number of nitrogens with one attached hydrogen (secondary N) is 1. The molecule has 32 heavy (non-hydrogen) atoms. The van der Waals surface area contributed by atoms with E-state index >= 15 is 0 Å². The topological polar surface area (TPSA) is 75.7 Å². The van der Waals surface area contributed by atoms with Gasteiger partial charge in [-0.2, -0.15) is 0 Å². The highest BCUT2D eigenvalue weighted by molar-refractivity contribution is 5.91. The highest BCUT2D eigenvalue weighted by Crippen LogP contribution is 2.29. The Bertz CT molecular complexity index is 1170. The summed E-state index contributed by atoms with van der Waals surface area (Å²) in [7, 11) is 0. The van der Waals surface area contributed by atoms with Gasteiger partial charge in [0.1, 0.15) is 17.4 Å². The van der Waals surface area contributed by atoms with Crippen LogP contribution in [0.2, 0.25) is 0 Å². The molecule has 0 radical (unpaired) electrons. The molecule has 1 fully saturated rings. The molecule has 1 unspecified atom stereocenters.